The molecule has 2 atom stereocenters. The molecule has 1 amide bonds. The van der Waals surface area contributed by atoms with Crippen molar-refractivity contribution in [2.24, 2.45) is 11.3 Å². The third-order valence-corrected chi connectivity index (χ3v) is 3.32. The van der Waals surface area contributed by atoms with Crippen LogP contribution in [0, 0.1) is 11.3 Å². The highest BCUT2D eigenvalue weighted by Gasteiger charge is 2.38. The zero-order valence-corrected chi connectivity index (χ0v) is 12.9. The van der Waals surface area contributed by atoms with Crippen molar-refractivity contribution in [2.75, 3.05) is 0 Å². The van der Waals surface area contributed by atoms with Crippen molar-refractivity contribution in [3.63, 3.8) is 0 Å². The van der Waals surface area contributed by atoms with Crippen molar-refractivity contribution in [3.8, 4) is 0 Å². The molecule has 1 rings (SSSR count). The summed E-state index contributed by atoms with van der Waals surface area (Å²) in [6.45, 7) is 6.99. The normalized spacial score (nSPS) is 14.4. The van der Waals surface area contributed by atoms with E-state index in [9.17, 15) is 14.7 Å². The first-order valence-electron chi connectivity index (χ1n) is 6.41. The lowest BCUT2D eigenvalue weighted by Crippen LogP contribution is -2.43. The van der Waals surface area contributed by atoms with Crippen LogP contribution in [0.15, 0.2) is 24.3 Å². The van der Waals surface area contributed by atoms with E-state index in [1.165, 1.54) is 0 Å². The number of carboxylic acid groups (broad SMARTS) is 1. The van der Waals surface area contributed by atoms with E-state index < -0.39 is 23.2 Å². The first-order chi connectivity index (χ1) is 9.12. The van der Waals surface area contributed by atoms with E-state index in [0.717, 1.165) is 5.56 Å². The summed E-state index contributed by atoms with van der Waals surface area (Å²) in [5.74, 6) is -2.70. The van der Waals surface area contributed by atoms with Crippen molar-refractivity contribution >= 4 is 23.5 Å². The van der Waals surface area contributed by atoms with Gasteiger partial charge in [0.15, 0.2) is 0 Å². The number of carbonyl (C=O) groups is 2. The fraction of sp³-hybridized carbons (Fsp3) is 0.467. The summed E-state index contributed by atoms with van der Waals surface area (Å²) in [6, 6.07) is 6.82. The molecule has 0 heterocycles. The SMILES string of the molecule is CC(NC(=O)C(C(=O)O)C(C)(C)C)c1cccc(Cl)c1. The second-order valence-electron chi connectivity index (χ2n) is 5.92. The number of halogens is 1. The lowest BCUT2D eigenvalue weighted by atomic mass is 9.80. The number of rotatable bonds is 4. The van der Waals surface area contributed by atoms with Gasteiger partial charge in [0.05, 0.1) is 6.04 Å². The Balaban J connectivity index is 2.86. The van der Waals surface area contributed by atoms with Crippen molar-refractivity contribution < 1.29 is 14.7 Å². The Bertz CT molecular complexity index is 508. The van der Waals surface area contributed by atoms with Gasteiger partial charge in [0.1, 0.15) is 5.92 Å². The van der Waals surface area contributed by atoms with Crippen LogP contribution in [0.2, 0.25) is 5.02 Å². The van der Waals surface area contributed by atoms with E-state index in [2.05, 4.69) is 5.32 Å². The Morgan fingerprint density at radius 2 is 1.90 bits per heavy atom. The van der Waals surface area contributed by atoms with Crippen LogP contribution in [0.25, 0.3) is 0 Å². The number of aliphatic carboxylic acids is 1. The Kier molecular flexibility index (Phi) is 5.17. The van der Waals surface area contributed by atoms with Gasteiger partial charge in [-0.2, -0.15) is 0 Å². The molecule has 1 aromatic carbocycles. The molecular formula is C15H20ClNO3. The highest BCUT2D eigenvalue weighted by molar-refractivity contribution is 6.30. The van der Waals surface area contributed by atoms with Crippen LogP contribution < -0.4 is 5.32 Å². The highest BCUT2D eigenvalue weighted by atomic mass is 35.5. The number of hydrogen-bond acceptors (Lipinski definition) is 2. The number of carboxylic acids is 1. The van der Waals surface area contributed by atoms with Gasteiger partial charge in [0.25, 0.3) is 0 Å². The topological polar surface area (TPSA) is 66.4 Å². The second kappa shape index (κ2) is 6.27. The van der Waals surface area contributed by atoms with Crippen LogP contribution >= 0.6 is 11.6 Å². The predicted octanol–water partition coefficient (Wildman–Crippen LogP) is 3.26. The number of carbonyl (C=O) groups excluding carboxylic acids is 1. The molecular weight excluding hydrogens is 278 g/mol. The predicted molar refractivity (Wildman–Crippen MR) is 78.6 cm³/mol. The molecule has 0 aliphatic heterocycles. The van der Waals surface area contributed by atoms with E-state index in [-0.39, 0.29) is 6.04 Å². The molecule has 5 heteroatoms. The fourth-order valence-corrected chi connectivity index (χ4v) is 2.23. The van der Waals surface area contributed by atoms with Gasteiger partial charge in [-0.3, -0.25) is 9.59 Å². The van der Waals surface area contributed by atoms with Crippen molar-refractivity contribution in [1.29, 1.82) is 0 Å². The van der Waals surface area contributed by atoms with Crippen molar-refractivity contribution in [2.45, 2.75) is 33.7 Å². The smallest absolute Gasteiger partial charge is 0.316 e. The van der Waals surface area contributed by atoms with E-state index in [1.54, 1.807) is 45.9 Å². The number of amides is 1. The standard InChI is InChI=1S/C15H20ClNO3/c1-9(10-6-5-7-11(16)8-10)17-13(18)12(14(19)20)15(2,3)4/h5-9,12H,1-4H3,(H,17,18)(H,19,20). The summed E-state index contributed by atoms with van der Waals surface area (Å²) in [6.07, 6.45) is 0. The van der Waals surface area contributed by atoms with Crippen LogP contribution in [-0.2, 0) is 9.59 Å². The van der Waals surface area contributed by atoms with Crippen LogP contribution in [0.4, 0.5) is 0 Å². The number of nitrogens with one attached hydrogen (secondary N) is 1. The van der Waals surface area contributed by atoms with Crippen LogP contribution in [-0.4, -0.2) is 17.0 Å². The summed E-state index contributed by atoms with van der Waals surface area (Å²) >= 11 is 5.90. The van der Waals surface area contributed by atoms with Gasteiger partial charge < -0.3 is 10.4 Å². The third kappa shape index (κ3) is 4.23. The molecule has 2 unspecified atom stereocenters. The maximum Gasteiger partial charge on any atom is 0.316 e. The van der Waals surface area contributed by atoms with Crippen molar-refractivity contribution in [3.05, 3.63) is 34.9 Å². The highest BCUT2D eigenvalue weighted by Crippen LogP contribution is 2.27. The number of benzene rings is 1. The molecule has 0 spiro atoms. The van der Waals surface area contributed by atoms with E-state index in [0.29, 0.717) is 5.02 Å². The minimum absolute atomic E-state index is 0.301. The summed E-state index contributed by atoms with van der Waals surface area (Å²) in [5, 5.41) is 12.5. The molecule has 0 saturated carbocycles. The van der Waals surface area contributed by atoms with E-state index in [4.69, 9.17) is 11.6 Å². The molecule has 0 aromatic heterocycles. The molecule has 0 bridgehead atoms. The average molecular weight is 298 g/mol. The third-order valence-electron chi connectivity index (χ3n) is 3.08. The Morgan fingerprint density at radius 3 is 2.35 bits per heavy atom. The second-order valence-corrected chi connectivity index (χ2v) is 6.36. The first kappa shape index (κ1) is 16.5. The first-order valence-corrected chi connectivity index (χ1v) is 6.79. The van der Waals surface area contributed by atoms with Gasteiger partial charge in [-0.05, 0) is 30.0 Å². The van der Waals surface area contributed by atoms with Gasteiger partial charge in [-0.15, -0.1) is 0 Å². The van der Waals surface area contributed by atoms with Crippen LogP contribution in [0.3, 0.4) is 0 Å². The Labute approximate surface area is 124 Å². The van der Waals surface area contributed by atoms with Crippen molar-refractivity contribution in [1.82, 2.24) is 5.32 Å². The summed E-state index contributed by atoms with van der Waals surface area (Å²) < 4.78 is 0. The largest absolute Gasteiger partial charge is 0.481 e. The molecule has 110 valence electrons. The van der Waals surface area contributed by atoms with Gasteiger partial charge >= 0.3 is 5.97 Å². The zero-order chi connectivity index (χ0) is 15.5. The summed E-state index contributed by atoms with van der Waals surface area (Å²) in [7, 11) is 0. The summed E-state index contributed by atoms with van der Waals surface area (Å²) in [5.41, 5.74) is 0.188. The molecule has 0 aliphatic rings. The van der Waals surface area contributed by atoms with E-state index in [1.807, 2.05) is 6.07 Å². The average Bonchev–Trinajstić information content (AvgIpc) is 2.25. The fourth-order valence-electron chi connectivity index (χ4n) is 2.03. The minimum Gasteiger partial charge on any atom is -0.481 e. The van der Waals surface area contributed by atoms with Gasteiger partial charge in [-0.25, -0.2) is 0 Å². The Hall–Kier alpha value is -1.55. The number of hydrogen-bond donors (Lipinski definition) is 2. The maximum atomic E-state index is 12.2. The molecule has 1 aromatic rings. The van der Waals surface area contributed by atoms with Gasteiger partial charge in [0.2, 0.25) is 5.91 Å². The van der Waals surface area contributed by atoms with Gasteiger partial charge in [-0.1, -0.05) is 44.5 Å². The molecule has 0 aliphatic carbocycles. The molecule has 0 radical (unpaired) electrons. The quantitative estimate of drug-likeness (QED) is 0.838. The molecule has 0 fully saturated rings. The zero-order valence-electron chi connectivity index (χ0n) is 12.1. The van der Waals surface area contributed by atoms with Crippen LogP contribution in [0.1, 0.15) is 39.3 Å². The lowest BCUT2D eigenvalue weighted by Gasteiger charge is -2.27. The Morgan fingerprint density at radius 1 is 1.30 bits per heavy atom. The lowest BCUT2D eigenvalue weighted by molar-refractivity contribution is -0.151. The minimum atomic E-state index is -1.12. The molecule has 20 heavy (non-hydrogen) atoms. The van der Waals surface area contributed by atoms with E-state index >= 15 is 0 Å². The van der Waals surface area contributed by atoms with Gasteiger partial charge in [0, 0.05) is 5.02 Å². The maximum absolute atomic E-state index is 12.2. The molecule has 0 saturated heterocycles. The molecule has 4 nitrogen and oxygen atoms in total. The van der Waals surface area contributed by atoms with Crippen LogP contribution in [0.5, 0.6) is 0 Å². The summed E-state index contributed by atoms with van der Waals surface area (Å²) in [4.78, 5) is 23.5. The molecule has 2 N–H and O–H groups in total. The monoisotopic (exact) mass is 297 g/mol.